The first-order valence-corrected chi connectivity index (χ1v) is 8.71. The van der Waals surface area contributed by atoms with Crippen molar-refractivity contribution in [2.24, 2.45) is 0 Å². The fourth-order valence-electron chi connectivity index (χ4n) is 3.37. The highest BCUT2D eigenvalue weighted by molar-refractivity contribution is 5.97. The van der Waals surface area contributed by atoms with Gasteiger partial charge in [0.15, 0.2) is 11.5 Å². The summed E-state index contributed by atoms with van der Waals surface area (Å²) in [6.07, 6.45) is 2.17. The van der Waals surface area contributed by atoms with Gasteiger partial charge in [-0.15, -0.1) is 0 Å². The van der Waals surface area contributed by atoms with E-state index in [-0.39, 0.29) is 5.91 Å². The lowest BCUT2D eigenvalue weighted by molar-refractivity contribution is 0.0793. The quantitative estimate of drug-likeness (QED) is 0.781. The van der Waals surface area contributed by atoms with E-state index in [1.165, 1.54) is 0 Å². The van der Waals surface area contributed by atoms with Crippen LogP contribution in [0.1, 0.15) is 23.2 Å². The number of H-pyrrole nitrogens is 1. The maximum Gasteiger partial charge on any atom is 0.253 e. The maximum absolute atomic E-state index is 12.6. The highest BCUT2D eigenvalue weighted by Crippen LogP contribution is 2.32. The number of fused-ring (bicyclic) bond motifs is 1. The number of rotatable bonds is 4. The number of benzene rings is 2. The lowest BCUT2D eigenvalue weighted by Crippen LogP contribution is -2.27. The molecule has 0 aliphatic carbocycles. The Kier molecular flexibility index (Phi) is 4.24. The van der Waals surface area contributed by atoms with Gasteiger partial charge in [-0.25, -0.2) is 4.98 Å². The van der Waals surface area contributed by atoms with E-state index in [4.69, 9.17) is 9.47 Å². The number of aromatic nitrogens is 2. The molecule has 1 fully saturated rings. The molecule has 0 unspecified atom stereocenters. The maximum atomic E-state index is 12.6. The second-order valence-corrected chi connectivity index (χ2v) is 6.39. The molecule has 0 atom stereocenters. The fourth-order valence-corrected chi connectivity index (χ4v) is 3.37. The van der Waals surface area contributed by atoms with E-state index in [1.807, 2.05) is 41.3 Å². The van der Waals surface area contributed by atoms with Crippen molar-refractivity contribution in [3.63, 3.8) is 0 Å². The Morgan fingerprint density at radius 1 is 1.04 bits per heavy atom. The molecule has 1 saturated heterocycles. The monoisotopic (exact) mass is 351 g/mol. The fraction of sp³-hybridized carbons (Fsp3) is 0.300. The average Bonchev–Trinajstić information content (AvgIpc) is 3.35. The second-order valence-electron chi connectivity index (χ2n) is 6.39. The van der Waals surface area contributed by atoms with Gasteiger partial charge in [0.05, 0.1) is 25.3 Å². The van der Waals surface area contributed by atoms with E-state index in [0.29, 0.717) is 17.1 Å². The summed E-state index contributed by atoms with van der Waals surface area (Å²) in [6, 6.07) is 11.3. The summed E-state index contributed by atoms with van der Waals surface area (Å²) >= 11 is 0. The Morgan fingerprint density at radius 3 is 2.54 bits per heavy atom. The zero-order valence-corrected chi connectivity index (χ0v) is 14.9. The molecule has 26 heavy (non-hydrogen) atoms. The van der Waals surface area contributed by atoms with Crippen LogP contribution in [0.5, 0.6) is 11.5 Å². The first-order valence-electron chi connectivity index (χ1n) is 8.71. The molecule has 6 nitrogen and oxygen atoms in total. The van der Waals surface area contributed by atoms with Crippen LogP contribution in [-0.4, -0.2) is 48.1 Å². The van der Waals surface area contributed by atoms with Crippen LogP contribution in [0, 0.1) is 0 Å². The second kappa shape index (κ2) is 6.71. The number of aromatic amines is 1. The van der Waals surface area contributed by atoms with Crippen molar-refractivity contribution in [1.29, 1.82) is 0 Å². The number of hydrogen-bond acceptors (Lipinski definition) is 4. The normalized spacial score (nSPS) is 14.0. The van der Waals surface area contributed by atoms with E-state index in [9.17, 15) is 4.79 Å². The van der Waals surface area contributed by atoms with Gasteiger partial charge in [-0.05, 0) is 49.2 Å². The summed E-state index contributed by atoms with van der Waals surface area (Å²) in [6.45, 7) is 1.69. The van der Waals surface area contributed by atoms with E-state index in [0.717, 1.165) is 48.4 Å². The number of nitrogens with zero attached hydrogens (tertiary/aromatic N) is 2. The third kappa shape index (κ3) is 2.87. The lowest BCUT2D eigenvalue weighted by atomic mass is 10.2. The molecule has 0 radical (unpaired) electrons. The standard InChI is InChI=1S/C20H21N3O3/c1-25-17-8-6-13(12-18(17)26-2)19-21-15-7-5-14(11-16(15)22-19)20(24)23-9-3-4-10-23/h5-8,11-12H,3-4,9-10H2,1-2H3,(H,21,22). The van der Waals surface area contributed by atoms with Crippen molar-refractivity contribution in [2.75, 3.05) is 27.3 Å². The van der Waals surface area contributed by atoms with Gasteiger partial charge in [-0.3, -0.25) is 4.79 Å². The summed E-state index contributed by atoms with van der Waals surface area (Å²) in [5.41, 5.74) is 3.26. The van der Waals surface area contributed by atoms with Crippen LogP contribution in [0.3, 0.4) is 0 Å². The molecule has 1 aromatic heterocycles. The summed E-state index contributed by atoms with van der Waals surface area (Å²) in [5, 5.41) is 0. The number of hydrogen-bond donors (Lipinski definition) is 1. The number of ether oxygens (including phenoxy) is 2. The minimum Gasteiger partial charge on any atom is -0.493 e. The summed E-state index contributed by atoms with van der Waals surface area (Å²) < 4.78 is 10.6. The predicted molar refractivity (Wildman–Crippen MR) is 99.8 cm³/mol. The Hall–Kier alpha value is -3.02. The third-order valence-corrected chi connectivity index (χ3v) is 4.78. The van der Waals surface area contributed by atoms with E-state index in [1.54, 1.807) is 14.2 Å². The molecule has 0 spiro atoms. The Labute approximate surface area is 151 Å². The van der Waals surface area contributed by atoms with Crippen LogP contribution in [-0.2, 0) is 0 Å². The zero-order chi connectivity index (χ0) is 18.1. The molecular formula is C20H21N3O3. The van der Waals surface area contributed by atoms with Gasteiger partial charge in [-0.1, -0.05) is 0 Å². The van der Waals surface area contributed by atoms with E-state index in [2.05, 4.69) is 9.97 Å². The number of imidazole rings is 1. The van der Waals surface area contributed by atoms with Crippen molar-refractivity contribution < 1.29 is 14.3 Å². The third-order valence-electron chi connectivity index (χ3n) is 4.78. The van der Waals surface area contributed by atoms with Crippen molar-refractivity contribution in [2.45, 2.75) is 12.8 Å². The number of carbonyl (C=O) groups excluding carboxylic acids is 1. The molecule has 1 amide bonds. The summed E-state index contributed by atoms with van der Waals surface area (Å²) in [5.74, 6) is 2.14. The minimum absolute atomic E-state index is 0.0895. The van der Waals surface area contributed by atoms with E-state index < -0.39 is 0 Å². The largest absolute Gasteiger partial charge is 0.493 e. The molecule has 3 aromatic rings. The number of amides is 1. The van der Waals surface area contributed by atoms with Crippen molar-refractivity contribution in [3.05, 3.63) is 42.0 Å². The number of carbonyl (C=O) groups is 1. The molecule has 2 heterocycles. The number of methoxy groups -OCH3 is 2. The molecule has 1 aliphatic heterocycles. The number of likely N-dealkylation sites (tertiary alicyclic amines) is 1. The van der Waals surface area contributed by atoms with Crippen LogP contribution in [0.15, 0.2) is 36.4 Å². The molecule has 0 saturated carbocycles. The molecule has 6 heteroatoms. The minimum atomic E-state index is 0.0895. The van der Waals surface area contributed by atoms with Crippen molar-refractivity contribution >= 4 is 16.9 Å². The smallest absolute Gasteiger partial charge is 0.253 e. The average molecular weight is 351 g/mol. The molecule has 2 aromatic carbocycles. The highest BCUT2D eigenvalue weighted by atomic mass is 16.5. The molecule has 134 valence electrons. The molecular weight excluding hydrogens is 330 g/mol. The Bertz CT molecular complexity index is 958. The topological polar surface area (TPSA) is 67.5 Å². The van der Waals surface area contributed by atoms with Crippen LogP contribution >= 0.6 is 0 Å². The van der Waals surface area contributed by atoms with Gasteiger partial charge in [0.25, 0.3) is 5.91 Å². The van der Waals surface area contributed by atoms with Gasteiger partial charge >= 0.3 is 0 Å². The van der Waals surface area contributed by atoms with Crippen LogP contribution in [0.2, 0.25) is 0 Å². The molecule has 1 N–H and O–H groups in total. The first-order chi connectivity index (χ1) is 12.7. The summed E-state index contributed by atoms with van der Waals surface area (Å²) in [7, 11) is 3.22. The van der Waals surface area contributed by atoms with Gasteiger partial charge in [0.2, 0.25) is 0 Å². The van der Waals surface area contributed by atoms with Crippen LogP contribution < -0.4 is 9.47 Å². The number of nitrogens with one attached hydrogen (secondary N) is 1. The first kappa shape index (κ1) is 16.4. The van der Waals surface area contributed by atoms with Crippen molar-refractivity contribution in [3.8, 4) is 22.9 Å². The van der Waals surface area contributed by atoms with E-state index >= 15 is 0 Å². The van der Waals surface area contributed by atoms with Crippen LogP contribution in [0.4, 0.5) is 0 Å². The molecule has 0 bridgehead atoms. The van der Waals surface area contributed by atoms with Crippen molar-refractivity contribution in [1.82, 2.24) is 14.9 Å². The Balaban J connectivity index is 1.68. The van der Waals surface area contributed by atoms with Gasteiger partial charge in [-0.2, -0.15) is 0 Å². The van der Waals surface area contributed by atoms with Crippen LogP contribution in [0.25, 0.3) is 22.4 Å². The highest BCUT2D eigenvalue weighted by Gasteiger charge is 2.20. The van der Waals surface area contributed by atoms with Gasteiger partial charge in [0, 0.05) is 24.2 Å². The van der Waals surface area contributed by atoms with Gasteiger partial charge < -0.3 is 19.4 Å². The lowest BCUT2D eigenvalue weighted by Gasteiger charge is -2.14. The molecule has 1 aliphatic rings. The zero-order valence-electron chi connectivity index (χ0n) is 14.9. The SMILES string of the molecule is COc1ccc(-c2nc3ccc(C(=O)N4CCCC4)cc3[nH]2)cc1OC. The van der Waals surface area contributed by atoms with Gasteiger partial charge in [0.1, 0.15) is 5.82 Å². The summed E-state index contributed by atoms with van der Waals surface area (Å²) in [4.78, 5) is 22.4. The predicted octanol–water partition coefficient (Wildman–Crippen LogP) is 3.48. The Morgan fingerprint density at radius 2 is 1.81 bits per heavy atom. The molecule has 4 rings (SSSR count).